The summed E-state index contributed by atoms with van der Waals surface area (Å²) in [7, 11) is 0. The van der Waals surface area contributed by atoms with Crippen molar-refractivity contribution in [2.75, 3.05) is 31.6 Å². The van der Waals surface area contributed by atoms with Gasteiger partial charge in [0.25, 0.3) is 0 Å². The van der Waals surface area contributed by atoms with E-state index >= 15 is 0 Å². The van der Waals surface area contributed by atoms with E-state index in [1.54, 1.807) is 0 Å². The summed E-state index contributed by atoms with van der Waals surface area (Å²) in [5.74, 6) is -0.291. The van der Waals surface area contributed by atoms with Crippen LogP contribution in [0.3, 0.4) is 0 Å². The van der Waals surface area contributed by atoms with Gasteiger partial charge in [0.05, 0.1) is 19.3 Å². The Labute approximate surface area is 147 Å². The van der Waals surface area contributed by atoms with Crippen LogP contribution in [0.2, 0.25) is 0 Å². The van der Waals surface area contributed by atoms with Crippen molar-refractivity contribution >= 4 is 17.5 Å². The summed E-state index contributed by atoms with van der Waals surface area (Å²) >= 11 is 0. The van der Waals surface area contributed by atoms with E-state index < -0.39 is 0 Å². The van der Waals surface area contributed by atoms with E-state index in [4.69, 9.17) is 10.5 Å². The summed E-state index contributed by atoms with van der Waals surface area (Å²) < 4.78 is 5.37. The lowest BCUT2D eigenvalue weighted by Crippen LogP contribution is -2.43. The normalized spacial score (nSPS) is 24.2. The van der Waals surface area contributed by atoms with E-state index in [0.717, 1.165) is 37.2 Å². The van der Waals surface area contributed by atoms with Crippen molar-refractivity contribution in [1.82, 2.24) is 10.2 Å². The number of rotatable bonds is 6. The number of nitrogens with zero attached hydrogens (tertiary/aromatic N) is 1. The molecule has 1 aromatic carbocycles. The zero-order valence-electron chi connectivity index (χ0n) is 14.4. The molecule has 2 heterocycles. The molecule has 4 N–H and O–H groups in total. The molecule has 1 aromatic rings. The Morgan fingerprint density at radius 2 is 2.28 bits per heavy atom. The third-order valence-electron chi connectivity index (χ3n) is 4.72. The fourth-order valence-electron chi connectivity index (χ4n) is 3.51. The molecule has 0 saturated carbocycles. The Balaban J connectivity index is 1.55. The van der Waals surface area contributed by atoms with Gasteiger partial charge in [-0.15, -0.1) is 0 Å². The molecule has 2 aliphatic rings. The lowest BCUT2D eigenvalue weighted by atomic mass is 10.1. The molecule has 0 radical (unpaired) electrons. The molecule has 2 fully saturated rings. The zero-order chi connectivity index (χ0) is 17.6. The van der Waals surface area contributed by atoms with Crippen molar-refractivity contribution in [3.8, 4) is 0 Å². The molecule has 2 unspecified atom stereocenters. The topological polar surface area (TPSA) is 96.7 Å². The average molecular weight is 346 g/mol. The number of benzene rings is 1. The van der Waals surface area contributed by atoms with Gasteiger partial charge in [-0.2, -0.15) is 0 Å². The highest BCUT2D eigenvalue weighted by Crippen LogP contribution is 2.21. The summed E-state index contributed by atoms with van der Waals surface area (Å²) in [6.45, 7) is 3.58. The number of primary amides is 1. The van der Waals surface area contributed by atoms with Crippen LogP contribution in [0.15, 0.2) is 24.3 Å². The molecule has 7 heteroatoms. The van der Waals surface area contributed by atoms with Crippen molar-refractivity contribution in [3.05, 3.63) is 29.8 Å². The number of anilines is 1. The van der Waals surface area contributed by atoms with Gasteiger partial charge >= 0.3 is 0 Å². The number of nitrogens with one attached hydrogen (secondary N) is 2. The minimum atomic E-state index is -0.260. The Bertz CT molecular complexity index is 616. The summed E-state index contributed by atoms with van der Waals surface area (Å²) in [5, 5.41) is 6.22. The fraction of sp³-hybridized carbons (Fsp3) is 0.556. The van der Waals surface area contributed by atoms with Crippen LogP contribution in [-0.2, 0) is 20.9 Å². The van der Waals surface area contributed by atoms with Gasteiger partial charge in [0, 0.05) is 31.2 Å². The molecule has 7 nitrogen and oxygen atoms in total. The first-order chi connectivity index (χ1) is 12.1. The van der Waals surface area contributed by atoms with Crippen LogP contribution in [0.25, 0.3) is 0 Å². The second-order valence-corrected chi connectivity index (χ2v) is 6.71. The smallest absolute Gasteiger partial charge is 0.234 e. The van der Waals surface area contributed by atoms with Crippen LogP contribution < -0.4 is 16.4 Å². The van der Waals surface area contributed by atoms with Crippen LogP contribution in [0.5, 0.6) is 0 Å². The second kappa shape index (κ2) is 8.42. The van der Waals surface area contributed by atoms with E-state index in [1.165, 1.54) is 0 Å². The number of likely N-dealkylation sites (tertiary alicyclic amines) is 1. The van der Waals surface area contributed by atoms with Crippen molar-refractivity contribution in [2.24, 2.45) is 5.73 Å². The number of amides is 2. The molecule has 0 aliphatic carbocycles. The van der Waals surface area contributed by atoms with Gasteiger partial charge < -0.3 is 21.1 Å². The monoisotopic (exact) mass is 346 g/mol. The van der Waals surface area contributed by atoms with Crippen molar-refractivity contribution in [3.63, 3.8) is 0 Å². The van der Waals surface area contributed by atoms with Crippen molar-refractivity contribution in [1.29, 1.82) is 0 Å². The van der Waals surface area contributed by atoms with Gasteiger partial charge in [0.1, 0.15) is 0 Å². The maximum absolute atomic E-state index is 12.2. The van der Waals surface area contributed by atoms with Gasteiger partial charge in [-0.05, 0) is 37.1 Å². The minimum Gasteiger partial charge on any atom is -0.378 e. The predicted molar refractivity (Wildman–Crippen MR) is 94.9 cm³/mol. The number of ether oxygens (including phenoxy) is 1. The standard InChI is InChI=1S/C18H26N4O3/c19-18(24)16-5-2-7-22(16)11-13-3-1-4-14(9-13)21-17(23)10-15-12-25-8-6-20-15/h1,3-4,9,15-16,20H,2,5-8,10-12H2,(H2,19,24)(H,21,23). The Morgan fingerprint density at radius 1 is 1.40 bits per heavy atom. The van der Waals surface area contributed by atoms with Gasteiger partial charge in [0.15, 0.2) is 0 Å². The third-order valence-corrected chi connectivity index (χ3v) is 4.72. The third kappa shape index (κ3) is 5.01. The average Bonchev–Trinajstić information content (AvgIpc) is 3.04. The number of hydrogen-bond donors (Lipinski definition) is 3. The second-order valence-electron chi connectivity index (χ2n) is 6.71. The molecule has 2 atom stereocenters. The molecule has 0 aromatic heterocycles. The van der Waals surface area contributed by atoms with E-state index in [0.29, 0.717) is 26.2 Å². The molecular formula is C18H26N4O3. The SMILES string of the molecule is NC(=O)C1CCCN1Cc1cccc(NC(=O)CC2COCCN2)c1. The summed E-state index contributed by atoms with van der Waals surface area (Å²) in [5.41, 5.74) is 7.31. The van der Waals surface area contributed by atoms with E-state index in [1.807, 2.05) is 24.3 Å². The maximum Gasteiger partial charge on any atom is 0.234 e. The van der Waals surface area contributed by atoms with Crippen LogP contribution in [0.1, 0.15) is 24.8 Å². The molecule has 136 valence electrons. The zero-order valence-corrected chi connectivity index (χ0v) is 14.4. The minimum absolute atomic E-state index is 0.0312. The first-order valence-electron chi connectivity index (χ1n) is 8.85. The van der Waals surface area contributed by atoms with E-state index in [9.17, 15) is 9.59 Å². The Kier molecular flexibility index (Phi) is 6.01. The summed E-state index contributed by atoms with van der Waals surface area (Å²) in [6, 6.07) is 7.64. The highest BCUT2D eigenvalue weighted by Gasteiger charge is 2.28. The molecule has 0 bridgehead atoms. The van der Waals surface area contributed by atoms with Gasteiger partial charge in [-0.25, -0.2) is 0 Å². The molecule has 25 heavy (non-hydrogen) atoms. The summed E-state index contributed by atoms with van der Waals surface area (Å²) in [6.07, 6.45) is 2.20. The number of nitrogens with two attached hydrogens (primary N) is 1. The first kappa shape index (κ1) is 17.8. The van der Waals surface area contributed by atoms with E-state index in [-0.39, 0.29) is 23.9 Å². The lowest BCUT2D eigenvalue weighted by molar-refractivity contribution is -0.122. The van der Waals surface area contributed by atoms with Gasteiger partial charge in [-0.3, -0.25) is 14.5 Å². The number of hydrogen-bond acceptors (Lipinski definition) is 5. The fourth-order valence-corrected chi connectivity index (χ4v) is 3.51. The molecule has 2 saturated heterocycles. The molecule has 3 rings (SSSR count). The quantitative estimate of drug-likeness (QED) is 0.695. The molecule has 0 spiro atoms. The largest absolute Gasteiger partial charge is 0.378 e. The number of morpholine rings is 1. The maximum atomic E-state index is 12.2. The van der Waals surface area contributed by atoms with Gasteiger partial charge in [-0.1, -0.05) is 12.1 Å². The summed E-state index contributed by atoms with van der Waals surface area (Å²) in [4.78, 5) is 25.8. The number of carbonyl (C=O) groups excluding carboxylic acids is 2. The first-order valence-corrected chi connectivity index (χ1v) is 8.85. The van der Waals surface area contributed by atoms with Crippen LogP contribution in [-0.4, -0.2) is 55.1 Å². The molecular weight excluding hydrogens is 320 g/mol. The Morgan fingerprint density at radius 3 is 3.04 bits per heavy atom. The van der Waals surface area contributed by atoms with E-state index in [2.05, 4.69) is 15.5 Å². The highest BCUT2D eigenvalue weighted by atomic mass is 16.5. The lowest BCUT2D eigenvalue weighted by Gasteiger charge is -2.23. The van der Waals surface area contributed by atoms with Crippen molar-refractivity contribution in [2.45, 2.75) is 37.9 Å². The van der Waals surface area contributed by atoms with Gasteiger partial charge in [0.2, 0.25) is 11.8 Å². The van der Waals surface area contributed by atoms with Crippen LogP contribution >= 0.6 is 0 Å². The Hall–Kier alpha value is -1.96. The van der Waals surface area contributed by atoms with Crippen LogP contribution in [0.4, 0.5) is 5.69 Å². The molecule has 2 aliphatic heterocycles. The highest BCUT2D eigenvalue weighted by molar-refractivity contribution is 5.91. The van der Waals surface area contributed by atoms with Crippen LogP contribution in [0, 0.1) is 0 Å². The predicted octanol–water partition coefficient (Wildman–Crippen LogP) is 0.453. The number of carbonyl (C=O) groups is 2. The van der Waals surface area contributed by atoms with Crippen molar-refractivity contribution < 1.29 is 14.3 Å². The molecule has 2 amide bonds.